The quantitative estimate of drug-likeness (QED) is 0.709. The molecule has 0 aromatic carbocycles. The van der Waals surface area contributed by atoms with E-state index in [0.717, 1.165) is 17.8 Å². The van der Waals surface area contributed by atoms with Crippen molar-refractivity contribution in [1.82, 2.24) is 10.2 Å². The van der Waals surface area contributed by atoms with Crippen molar-refractivity contribution in [3.8, 4) is 0 Å². The SMILES string of the molecule is CCCNCC1CCN(CCC2CCCC(C)C2)C1. The fourth-order valence-electron chi connectivity index (χ4n) is 3.95. The maximum atomic E-state index is 3.58. The van der Waals surface area contributed by atoms with E-state index in [1.807, 2.05) is 0 Å². The molecule has 3 unspecified atom stereocenters. The summed E-state index contributed by atoms with van der Waals surface area (Å²) in [5.41, 5.74) is 0. The Balaban J connectivity index is 1.57. The second-order valence-corrected chi connectivity index (χ2v) is 7.09. The van der Waals surface area contributed by atoms with Crippen molar-refractivity contribution in [3.63, 3.8) is 0 Å². The highest BCUT2D eigenvalue weighted by atomic mass is 15.1. The Morgan fingerprint density at radius 2 is 2.05 bits per heavy atom. The topological polar surface area (TPSA) is 15.3 Å². The van der Waals surface area contributed by atoms with Gasteiger partial charge in [0.1, 0.15) is 0 Å². The Morgan fingerprint density at radius 3 is 2.84 bits per heavy atom. The van der Waals surface area contributed by atoms with Gasteiger partial charge in [-0.15, -0.1) is 0 Å². The van der Waals surface area contributed by atoms with E-state index in [2.05, 4.69) is 24.1 Å². The molecule has 1 heterocycles. The lowest BCUT2D eigenvalue weighted by Gasteiger charge is -2.28. The van der Waals surface area contributed by atoms with Gasteiger partial charge in [-0.3, -0.25) is 0 Å². The van der Waals surface area contributed by atoms with Crippen LogP contribution >= 0.6 is 0 Å². The van der Waals surface area contributed by atoms with Gasteiger partial charge in [-0.2, -0.15) is 0 Å². The Labute approximate surface area is 120 Å². The molecule has 0 aromatic rings. The second-order valence-electron chi connectivity index (χ2n) is 7.09. The van der Waals surface area contributed by atoms with E-state index in [1.54, 1.807) is 0 Å². The third-order valence-corrected chi connectivity index (χ3v) is 5.13. The van der Waals surface area contributed by atoms with Crippen LogP contribution in [0.15, 0.2) is 0 Å². The van der Waals surface area contributed by atoms with Crippen LogP contribution < -0.4 is 5.32 Å². The van der Waals surface area contributed by atoms with E-state index in [9.17, 15) is 0 Å². The normalized spacial score (nSPS) is 32.8. The fourth-order valence-corrected chi connectivity index (χ4v) is 3.95. The molecule has 0 radical (unpaired) electrons. The molecule has 1 N–H and O–H groups in total. The number of likely N-dealkylation sites (tertiary alicyclic amines) is 1. The standard InChI is InChI=1S/C17H34N2/c1-3-9-18-13-17-8-11-19(14-17)10-7-16-6-4-5-15(2)12-16/h15-18H,3-14H2,1-2H3. The molecule has 1 aliphatic heterocycles. The molecule has 2 nitrogen and oxygen atoms in total. The van der Waals surface area contributed by atoms with Gasteiger partial charge >= 0.3 is 0 Å². The first kappa shape index (κ1) is 15.3. The first-order valence-electron chi connectivity index (χ1n) is 8.71. The highest BCUT2D eigenvalue weighted by molar-refractivity contribution is 4.79. The van der Waals surface area contributed by atoms with Crippen molar-refractivity contribution in [1.29, 1.82) is 0 Å². The van der Waals surface area contributed by atoms with Crippen LogP contribution in [0.25, 0.3) is 0 Å². The van der Waals surface area contributed by atoms with Crippen LogP contribution in [0.4, 0.5) is 0 Å². The van der Waals surface area contributed by atoms with Crippen molar-refractivity contribution in [3.05, 3.63) is 0 Å². The van der Waals surface area contributed by atoms with Gasteiger partial charge < -0.3 is 10.2 Å². The molecule has 1 saturated carbocycles. The third-order valence-electron chi connectivity index (χ3n) is 5.13. The predicted octanol–water partition coefficient (Wildman–Crippen LogP) is 3.52. The van der Waals surface area contributed by atoms with Crippen molar-refractivity contribution in [2.75, 3.05) is 32.7 Å². The molecule has 1 aliphatic carbocycles. The summed E-state index contributed by atoms with van der Waals surface area (Å²) < 4.78 is 0. The van der Waals surface area contributed by atoms with Crippen molar-refractivity contribution in [2.45, 2.75) is 58.8 Å². The summed E-state index contributed by atoms with van der Waals surface area (Å²) in [6.07, 6.45) is 10.1. The van der Waals surface area contributed by atoms with Crippen LogP contribution in [0.2, 0.25) is 0 Å². The van der Waals surface area contributed by atoms with E-state index in [1.165, 1.54) is 77.7 Å². The predicted molar refractivity (Wildman–Crippen MR) is 83.4 cm³/mol. The Hall–Kier alpha value is -0.0800. The van der Waals surface area contributed by atoms with Gasteiger partial charge in [0.2, 0.25) is 0 Å². The van der Waals surface area contributed by atoms with Crippen LogP contribution in [-0.2, 0) is 0 Å². The van der Waals surface area contributed by atoms with Gasteiger partial charge in [0.15, 0.2) is 0 Å². The summed E-state index contributed by atoms with van der Waals surface area (Å²) in [5, 5.41) is 3.58. The van der Waals surface area contributed by atoms with Gasteiger partial charge in [-0.1, -0.05) is 33.1 Å². The van der Waals surface area contributed by atoms with E-state index < -0.39 is 0 Å². The lowest BCUT2D eigenvalue weighted by atomic mass is 9.81. The number of nitrogens with zero attached hydrogens (tertiary/aromatic N) is 1. The molecule has 2 heteroatoms. The number of hydrogen-bond acceptors (Lipinski definition) is 2. The molecule has 2 fully saturated rings. The summed E-state index contributed by atoms with van der Waals surface area (Å²) >= 11 is 0. The van der Waals surface area contributed by atoms with Crippen molar-refractivity contribution >= 4 is 0 Å². The molecule has 112 valence electrons. The highest BCUT2D eigenvalue weighted by Gasteiger charge is 2.24. The molecule has 3 atom stereocenters. The fraction of sp³-hybridized carbons (Fsp3) is 1.00. The van der Waals surface area contributed by atoms with Crippen LogP contribution in [0.3, 0.4) is 0 Å². The van der Waals surface area contributed by atoms with Crippen LogP contribution in [0.1, 0.15) is 58.8 Å². The van der Waals surface area contributed by atoms with E-state index in [0.29, 0.717) is 0 Å². The first-order chi connectivity index (χ1) is 9.28. The van der Waals surface area contributed by atoms with Crippen molar-refractivity contribution in [2.24, 2.45) is 17.8 Å². The molecular weight excluding hydrogens is 232 g/mol. The third kappa shape index (κ3) is 5.43. The Bertz CT molecular complexity index is 241. The average Bonchev–Trinajstić information content (AvgIpc) is 2.85. The molecule has 0 spiro atoms. The minimum absolute atomic E-state index is 0.914. The zero-order valence-corrected chi connectivity index (χ0v) is 13.2. The molecular formula is C17H34N2. The monoisotopic (exact) mass is 266 g/mol. The van der Waals surface area contributed by atoms with Gasteiger partial charge in [0.25, 0.3) is 0 Å². The van der Waals surface area contributed by atoms with Crippen molar-refractivity contribution < 1.29 is 0 Å². The van der Waals surface area contributed by atoms with E-state index in [4.69, 9.17) is 0 Å². The summed E-state index contributed by atoms with van der Waals surface area (Å²) in [7, 11) is 0. The molecule has 0 bridgehead atoms. The lowest BCUT2D eigenvalue weighted by Crippen LogP contribution is -2.28. The Kier molecular flexibility index (Phi) is 6.66. The van der Waals surface area contributed by atoms with Crippen LogP contribution in [0.5, 0.6) is 0 Å². The highest BCUT2D eigenvalue weighted by Crippen LogP contribution is 2.31. The maximum absolute atomic E-state index is 3.58. The van der Waals surface area contributed by atoms with Gasteiger partial charge in [-0.05, 0) is 69.6 Å². The largest absolute Gasteiger partial charge is 0.316 e. The van der Waals surface area contributed by atoms with Crippen LogP contribution in [0, 0.1) is 17.8 Å². The molecule has 2 aliphatic rings. The van der Waals surface area contributed by atoms with Gasteiger partial charge in [-0.25, -0.2) is 0 Å². The summed E-state index contributed by atoms with van der Waals surface area (Å²) in [6.45, 7) is 11.2. The molecule has 0 amide bonds. The Morgan fingerprint density at radius 1 is 1.16 bits per heavy atom. The summed E-state index contributed by atoms with van der Waals surface area (Å²) in [4.78, 5) is 2.72. The smallest absolute Gasteiger partial charge is 0.00223 e. The molecule has 19 heavy (non-hydrogen) atoms. The zero-order valence-electron chi connectivity index (χ0n) is 13.2. The molecule has 2 rings (SSSR count). The first-order valence-corrected chi connectivity index (χ1v) is 8.71. The summed E-state index contributed by atoms with van der Waals surface area (Å²) in [6, 6.07) is 0. The lowest BCUT2D eigenvalue weighted by molar-refractivity contribution is 0.229. The minimum atomic E-state index is 0.914. The number of nitrogens with one attached hydrogen (secondary N) is 1. The van der Waals surface area contributed by atoms with E-state index >= 15 is 0 Å². The zero-order chi connectivity index (χ0) is 13.5. The molecule has 0 aromatic heterocycles. The van der Waals surface area contributed by atoms with Crippen LogP contribution in [-0.4, -0.2) is 37.6 Å². The average molecular weight is 266 g/mol. The minimum Gasteiger partial charge on any atom is -0.316 e. The molecule has 1 saturated heterocycles. The number of rotatable bonds is 7. The summed E-state index contributed by atoms with van der Waals surface area (Å²) in [5.74, 6) is 2.93. The van der Waals surface area contributed by atoms with Gasteiger partial charge in [0, 0.05) is 6.54 Å². The second kappa shape index (κ2) is 8.26. The van der Waals surface area contributed by atoms with Gasteiger partial charge in [0.05, 0.1) is 0 Å². The maximum Gasteiger partial charge on any atom is 0.00223 e. The van der Waals surface area contributed by atoms with E-state index in [-0.39, 0.29) is 0 Å². The number of hydrogen-bond donors (Lipinski definition) is 1.